The number of nitrogens with zero attached hydrogens (tertiary/aromatic N) is 1. The molecule has 0 aliphatic carbocycles. The van der Waals surface area contributed by atoms with Crippen molar-refractivity contribution in [3.8, 4) is 0 Å². The number of benzene rings is 1. The van der Waals surface area contributed by atoms with E-state index in [0.29, 0.717) is 6.04 Å². The first-order valence-electron chi connectivity index (χ1n) is 5.64. The van der Waals surface area contributed by atoms with E-state index in [1.807, 2.05) is 0 Å². The summed E-state index contributed by atoms with van der Waals surface area (Å²) in [5, 5.41) is 0. The summed E-state index contributed by atoms with van der Waals surface area (Å²) in [7, 11) is 2.16. The largest absolute Gasteiger partial charge is 0.379 e. The minimum Gasteiger partial charge on any atom is -0.379 e. The van der Waals surface area contributed by atoms with Crippen LogP contribution in [-0.4, -0.2) is 26.3 Å². The second kappa shape index (κ2) is 4.67. The van der Waals surface area contributed by atoms with Crippen LogP contribution in [0.3, 0.4) is 0 Å². The van der Waals surface area contributed by atoms with E-state index < -0.39 is 0 Å². The third-order valence-electron chi connectivity index (χ3n) is 3.13. The first-order valence-corrected chi connectivity index (χ1v) is 5.64. The molecule has 1 aliphatic heterocycles. The summed E-state index contributed by atoms with van der Waals surface area (Å²) in [6.45, 7) is 3.91. The molecule has 1 fully saturated rings. The van der Waals surface area contributed by atoms with Crippen molar-refractivity contribution in [1.29, 1.82) is 0 Å². The van der Waals surface area contributed by atoms with Crippen molar-refractivity contribution in [2.45, 2.75) is 25.8 Å². The topological polar surface area (TPSA) is 12.5 Å². The van der Waals surface area contributed by atoms with Gasteiger partial charge in [-0.3, -0.25) is 0 Å². The van der Waals surface area contributed by atoms with Crippen molar-refractivity contribution in [2.24, 2.45) is 0 Å². The fourth-order valence-electron chi connectivity index (χ4n) is 2.02. The van der Waals surface area contributed by atoms with E-state index in [2.05, 4.69) is 43.1 Å². The van der Waals surface area contributed by atoms with Gasteiger partial charge in [0.15, 0.2) is 0 Å². The Kier molecular flexibility index (Phi) is 3.27. The van der Waals surface area contributed by atoms with Gasteiger partial charge >= 0.3 is 0 Å². The van der Waals surface area contributed by atoms with Gasteiger partial charge in [0.25, 0.3) is 0 Å². The van der Waals surface area contributed by atoms with Gasteiger partial charge in [-0.2, -0.15) is 0 Å². The fourth-order valence-corrected chi connectivity index (χ4v) is 2.02. The highest BCUT2D eigenvalue weighted by molar-refractivity contribution is 5.47. The molecule has 0 N–H and O–H groups in total. The maximum absolute atomic E-state index is 5.51. The summed E-state index contributed by atoms with van der Waals surface area (Å²) in [6.07, 6.45) is 2.42. The molecule has 0 saturated carbocycles. The molecule has 0 amide bonds. The van der Waals surface area contributed by atoms with E-state index in [1.165, 1.54) is 24.1 Å². The van der Waals surface area contributed by atoms with Gasteiger partial charge in [0, 0.05) is 19.3 Å². The zero-order valence-corrected chi connectivity index (χ0v) is 9.57. The van der Waals surface area contributed by atoms with Gasteiger partial charge in [-0.1, -0.05) is 17.7 Å². The zero-order chi connectivity index (χ0) is 10.7. The van der Waals surface area contributed by atoms with E-state index in [4.69, 9.17) is 4.74 Å². The molecule has 1 unspecified atom stereocenters. The van der Waals surface area contributed by atoms with Crippen LogP contribution >= 0.6 is 0 Å². The van der Waals surface area contributed by atoms with E-state index in [-0.39, 0.29) is 0 Å². The molecule has 1 aromatic carbocycles. The van der Waals surface area contributed by atoms with Gasteiger partial charge in [0.1, 0.15) is 0 Å². The standard InChI is InChI=1S/C13H19NO/c1-11-5-7-12(8-6-11)14(2)13-4-3-9-15-10-13/h5-8,13H,3-4,9-10H2,1-2H3. The quantitative estimate of drug-likeness (QED) is 0.736. The van der Waals surface area contributed by atoms with Crippen LogP contribution in [0.25, 0.3) is 0 Å². The number of anilines is 1. The minimum absolute atomic E-state index is 0.543. The molecule has 0 spiro atoms. The Balaban J connectivity index is 2.05. The lowest BCUT2D eigenvalue weighted by Gasteiger charge is -2.32. The number of rotatable bonds is 2. The normalized spacial score (nSPS) is 21.3. The first-order chi connectivity index (χ1) is 7.27. The number of ether oxygens (including phenoxy) is 1. The Morgan fingerprint density at radius 1 is 1.27 bits per heavy atom. The van der Waals surface area contributed by atoms with E-state index >= 15 is 0 Å². The van der Waals surface area contributed by atoms with Crippen molar-refractivity contribution in [1.82, 2.24) is 0 Å². The van der Waals surface area contributed by atoms with Gasteiger partial charge in [-0.05, 0) is 31.9 Å². The van der Waals surface area contributed by atoms with Crippen molar-refractivity contribution >= 4 is 5.69 Å². The molecule has 2 rings (SSSR count). The molecule has 0 aromatic heterocycles. The minimum atomic E-state index is 0.543. The molecule has 1 heterocycles. The first kappa shape index (κ1) is 10.5. The second-order valence-electron chi connectivity index (χ2n) is 4.32. The number of hydrogen-bond donors (Lipinski definition) is 0. The predicted octanol–water partition coefficient (Wildman–Crippen LogP) is 2.61. The Morgan fingerprint density at radius 3 is 2.60 bits per heavy atom. The average Bonchev–Trinajstić information content (AvgIpc) is 2.30. The van der Waals surface area contributed by atoms with Gasteiger partial charge in [0.2, 0.25) is 0 Å². The molecule has 2 heteroatoms. The van der Waals surface area contributed by atoms with Crippen LogP contribution in [0.1, 0.15) is 18.4 Å². The van der Waals surface area contributed by atoms with Crippen LogP contribution in [0.5, 0.6) is 0 Å². The monoisotopic (exact) mass is 205 g/mol. The van der Waals surface area contributed by atoms with Crippen LogP contribution in [0.4, 0.5) is 5.69 Å². The zero-order valence-electron chi connectivity index (χ0n) is 9.57. The molecule has 1 saturated heterocycles. The SMILES string of the molecule is Cc1ccc(N(C)C2CCCOC2)cc1. The number of aryl methyl sites for hydroxylation is 1. The molecule has 0 bridgehead atoms. The predicted molar refractivity (Wildman–Crippen MR) is 63.4 cm³/mol. The van der Waals surface area contributed by atoms with E-state index in [1.54, 1.807) is 0 Å². The van der Waals surface area contributed by atoms with Gasteiger partial charge in [-0.15, -0.1) is 0 Å². The summed E-state index contributed by atoms with van der Waals surface area (Å²) in [4.78, 5) is 2.33. The van der Waals surface area contributed by atoms with Gasteiger partial charge < -0.3 is 9.64 Å². The highest BCUT2D eigenvalue weighted by Crippen LogP contribution is 2.20. The highest BCUT2D eigenvalue weighted by Gasteiger charge is 2.18. The Bertz CT molecular complexity index is 301. The van der Waals surface area contributed by atoms with Crippen molar-refractivity contribution in [2.75, 3.05) is 25.2 Å². The molecule has 1 atom stereocenters. The summed E-state index contributed by atoms with van der Waals surface area (Å²) in [5.74, 6) is 0. The molecular weight excluding hydrogens is 186 g/mol. The van der Waals surface area contributed by atoms with E-state index in [9.17, 15) is 0 Å². The average molecular weight is 205 g/mol. The maximum Gasteiger partial charge on any atom is 0.0669 e. The van der Waals surface area contributed by atoms with Gasteiger partial charge in [0.05, 0.1) is 12.6 Å². The van der Waals surface area contributed by atoms with Crippen molar-refractivity contribution < 1.29 is 4.74 Å². The molecule has 2 nitrogen and oxygen atoms in total. The summed E-state index contributed by atoms with van der Waals surface area (Å²) < 4.78 is 5.51. The van der Waals surface area contributed by atoms with Gasteiger partial charge in [-0.25, -0.2) is 0 Å². The Morgan fingerprint density at radius 2 is 2.00 bits per heavy atom. The highest BCUT2D eigenvalue weighted by atomic mass is 16.5. The molecule has 15 heavy (non-hydrogen) atoms. The Hall–Kier alpha value is -1.02. The van der Waals surface area contributed by atoms with Crippen molar-refractivity contribution in [3.05, 3.63) is 29.8 Å². The van der Waals surface area contributed by atoms with Crippen LogP contribution in [-0.2, 0) is 4.74 Å². The number of likely N-dealkylation sites (N-methyl/N-ethyl adjacent to an activating group) is 1. The van der Waals surface area contributed by atoms with Crippen LogP contribution in [0, 0.1) is 6.92 Å². The van der Waals surface area contributed by atoms with Crippen LogP contribution < -0.4 is 4.90 Å². The summed E-state index contributed by atoms with van der Waals surface area (Å²) in [6, 6.07) is 9.24. The molecule has 0 radical (unpaired) electrons. The summed E-state index contributed by atoms with van der Waals surface area (Å²) >= 11 is 0. The third-order valence-corrected chi connectivity index (χ3v) is 3.13. The lowest BCUT2D eigenvalue weighted by molar-refractivity contribution is 0.0807. The second-order valence-corrected chi connectivity index (χ2v) is 4.32. The van der Waals surface area contributed by atoms with Crippen molar-refractivity contribution in [3.63, 3.8) is 0 Å². The summed E-state index contributed by atoms with van der Waals surface area (Å²) in [5.41, 5.74) is 2.60. The molecular formula is C13H19NO. The molecule has 1 aliphatic rings. The third kappa shape index (κ3) is 2.51. The molecule has 1 aromatic rings. The Labute approximate surface area is 91.9 Å². The van der Waals surface area contributed by atoms with Crippen LogP contribution in [0.2, 0.25) is 0 Å². The van der Waals surface area contributed by atoms with Crippen LogP contribution in [0.15, 0.2) is 24.3 Å². The number of hydrogen-bond acceptors (Lipinski definition) is 2. The fraction of sp³-hybridized carbons (Fsp3) is 0.538. The smallest absolute Gasteiger partial charge is 0.0669 e. The molecule has 82 valence electrons. The van der Waals surface area contributed by atoms with E-state index in [0.717, 1.165) is 13.2 Å². The maximum atomic E-state index is 5.51. The lowest BCUT2D eigenvalue weighted by Crippen LogP contribution is -2.38. The lowest BCUT2D eigenvalue weighted by atomic mass is 10.1.